The fourth-order valence-corrected chi connectivity index (χ4v) is 3.09. The normalized spacial score (nSPS) is 11.0. The van der Waals surface area contributed by atoms with Crippen LogP contribution in [0.3, 0.4) is 0 Å². The molecule has 21 heavy (non-hydrogen) atoms. The van der Waals surface area contributed by atoms with E-state index in [1.54, 1.807) is 6.07 Å². The van der Waals surface area contributed by atoms with Gasteiger partial charge in [0.25, 0.3) is 5.56 Å². The molecular weight excluding hydrogens is 357 g/mol. The SMILES string of the molecule is Cc1cc(F)c(Br)cc1NCc1nc2ccsc2c(=O)[nH]1. The van der Waals surface area contributed by atoms with E-state index in [0.717, 1.165) is 11.3 Å². The number of aromatic nitrogens is 2. The third-order valence-corrected chi connectivity index (χ3v) is 4.59. The van der Waals surface area contributed by atoms with Gasteiger partial charge in [0.15, 0.2) is 0 Å². The topological polar surface area (TPSA) is 57.8 Å². The third kappa shape index (κ3) is 2.84. The number of rotatable bonds is 3. The molecule has 2 heterocycles. The standard InChI is InChI=1S/C14H11BrFN3OS/c1-7-4-9(16)8(15)5-11(7)17-6-12-18-10-2-3-21-13(10)14(20)19-12/h2-5,17H,6H2,1H3,(H,18,19,20). The number of benzene rings is 1. The van der Waals surface area contributed by atoms with Gasteiger partial charge in [0, 0.05) is 5.69 Å². The summed E-state index contributed by atoms with van der Waals surface area (Å²) < 4.78 is 14.4. The quantitative estimate of drug-likeness (QED) is 0.739. The Labute approximate surface area is 132 Å². The molecule has 3 aromatic rings. The highest BCUT2D eigenvalue weighted by molar-refractivity contribution is 9.10. The summed E-state index contributed by atoms with van der Waals surface area (Å²) in [5, 5.41) is 4.99. The molecule has 0 saturated heterocycles. The highest BCUT2D eigenvalue weighted by Gasteiger charge is 2.07. The van der Waals surface area contributed by atoms with Crippen LogP contribution in [0.25, 0.3) is 10.2 Å². The Kier molecular flexibility index (Phi) is 3.77. The Balaban J connectivity index is 1.86. The van der Waals surface area contributed by atoms with Crippen molar-refractivity contribution < 1.29 is 4.39 Å². The van der Waals surface area contributed by atoms with E-state index in [2.05, 4.69) is 31.2 Å². The number of nitrogens with one attached hydrogen (secondary N) is 2. The molecule has 0 amide bonds. The molecule has 0 aliphatic rings. The second-order valence-corrected chi connectivity index (χ2v) is 6.35. The summed E-state index contributed by atoms with van der Waals surface area (Å²) in [6, 6.07) is 4.94. The lowest BCUT2D eigenvalue weighted by Crippen LogP contribution is -2.13. The maximum absolute atomic E-state index is 13.4. The lowest BCUT2D eigenvalue weighted by molar-refractivity contribution is 0.620. The van der Waals surface area contributed by atoms with Gasteiger partial charge < -0.3 is 10.3 Å². The van der Waals surface area contributed by atoms with Gasteiger partial charge in [-0.05, 0) is 52.0 Å². The van der Waals surface area contributed by atoms with Gasteiger partial charge in [-0.2, -0.15) is 0 Å². The van der Waals surface area contributed by atoms with E-state index in [9.17, 15) is 9.18 Å². The first-order valence-corrected chi connectivity index (χ1v) is 7.88. The molecule has 108 valence electrons. The van der Waals surface area contributed by atoms with Crippen molar-refractivity contribution in [3.8, 4) is 0 Å². The number of thiophene rings is 1. The summed E-state index contributed by atoms with van der Waals surface area (Å²) in [7, 11) is 0. The molecule has 2 aromatic heterocycles. The van der Waals surface area contributed by atoms with Crippen molar-refractivity contribution in [2.24, 2.45) is 0 Å². The van der Waals surface area contributed by atoms with E-state index in [1.165, 1.54) is 17.4 Å². The second-order valence-electron chi connectivity index (χ2n) is 4.58. The number of nitrogens with zero attached hydrogens (tertiary/aromatic N) is 1. The van der Waals surface area contributed by atoms with Crippen LogP contribution in [0.15, 0.2) is 32.8 Å². The van der Waals surface area contributed by atoms with Crippen molar-refractivity contribution in [2.75, 3.05) is 5.32 Å². The number of halogens is 2. The van der Waals surface area contributed by atoms with Crippen LogP contribution in [0.1, 0.15) is 11.4 Å². The second kappa shape index (κ2) is 5.57. The first-order chi connectivity index (χ1) is 10.0. The van der Waals surface area contributed by atoms with Crippen LogP contribution in [0.4, 0.5) is 10.1 Å². The van der Waals surface area contributed by atoms with Crippen LogP contribution in [0.2, 0.25) is 0 Å². The van der Waals surface area contributed by atoms with Crippen LogP contribution < -0.4 is 10.9 Å². The Bertz CT molecular complexity index is 874. The van der Waals surface area contributed by atoms with Crippen molar-refractivity contribution >= 4 is 43.2 Å². The van der Waals surface area contributed by atoms with Crippen molar-refractivity contribution in [1.82, 2.24) is 9.97 Å². The molecule has 0 bridgehead atoms. The Morgan fingerprint density at radius 3 is 3.10 bits per heavy atom. The minimum absolute atomic E-state index is 0.135. The molecule has 0 saturated carbocycles. The molecule has 7 heteroatoms. The number of hydrogen-bond donors (Lipinski definition) is 2. The summed E-state index contributed by atoms with van der Waals surface area (Å²) in [4.78, 5) is 19.0. The van der Waals surface area contributed by atoms with Crippen LogP contribution in [0.5, 0.6) is 0 Å². The lowest BCUT2D eigenvalue weighted by atomic mass is 10.2. The molecular formula is C14H11BrFN3OS. The van der Waals surface area contributed by atoms with Crippen LogP contribution in [0, 0.1) is 12.7 Å². The predicted octanol–water partition coefficient (Wildman–Crippen LogP) is 3.81. The number of aromatic amines is 1. The first kappa shape index (κ1) is 14.2. The Hall–Kier alpha value is -1.73. The van der Waals surface area contributed by atoms with Crippen molar-refractivity contribution in [3.05, 3.63) is 55.6 Å². The van der Waals surface area contributed by atoms with Crippen molar-refractivity contribution in [1.29, 1.82) is 0 Å². The molecule has 0 aliphatic carbocycles. The van der Waals surface area contributed by atoms with Gasteiger partial charge in [0.1, 0.15) is 16.3 Å². The minimum atomic E-state index is -0.302. The highest BCUT2D eigenvalue weighted by Crippen LogP contribution is 2.24. The summed E-state index contributed by atoms with van der Waals surface area (Å²) in [5.41, 5.74) is 2.13. The smallest absolute Gasteiger partial charge is 0.268 e. The van der Waals surface area contributed by atoms with Crippen LogP contribution >= 0.6 is 27.3 Å². The number of anilines is 1. The fraction of sp³-hybridized carbons (Fsp3) is 0.143. The monoisotopic (exact) mass is 367 g/mol. The zero-order chi connectivity index (χ0) is 15.0. The molecule has 0 radical (unpaired) electrons. The molecule has 0 aliphatic heterocycles. The molecule has 0 fully saturated rings. The lowest BCUT2D eigenvalue weighted by Gasteiger charge is -2.10. The Morgan fingerprint density at radius 2 is 2.29 bits per heavy atom. The number of H-pyrrole nitrogens is 1. The molecule has 0 atom stereocenters. The molecule has 4 nitrogen and oxygen atoms in total. The van der Waals surface area contributed by atoms with E-state index in [1.807, 2.05) is 18.4 Å². The number of aryl methyl sites for hydroxylation is 1. The summed E-state index contributed by atoms with van der Waals surface area (Å²) in [5.74, 6) is 0.245. The average molecular weight is 368 g/mol. The minimum Gasteiger partial charge on any atom is -0.378 e. The van der Waals surface area contributed by atoms with Gasteiger partial charge in [-0.3, -0.25) is 4.79 Å². The van der Waals surface area contributed by atoms with Gasteiger partial charge >= 0.3 is 0 Å². The molecule has 2 N–H and O–H groups in total. The third-order valence-electron chi connectivity index (χ3n) is 3.08. The van der Waals surface area contributed by atoms with Gasteiger partial charge in [-0.1, -0.05) is 0 Å². The zero-order valence-electron chi connectivity index (χ0n) is 11.0. The molecule has 3 rings (SSSR count). The van der Waals surface area contributed by atoms with E-state index in [4.69, 9.17) is 0 Å². The molecule has 0 unspecified atom stereocenters. The van der Waals surface area contributed by atoms with Crippen molar-refractivity contribution in [2.45, 2.75) is 13.5 Å². The van der Waals surface area contributed by atoms with Crippen LogP contribution in [-0.4, -0.2) is 9.97 Å². The van der Waals surface area contributed by atoms with E-state index in [0.29, 0.717) is 27.1 Å². The largest absolute Gasteiger partial charge is 0.378 e. The molecule has 1 aromatic carbocycles. The predicted molar refractivity (Wildman–Crippen MR) is 86.4 cm³/mol. The van der Waals surface area contributed by atoms with E-state index < -0.39 is 0 Å². The van der Waals surface area contributed by atoms with Crippen molar-refractivity contribution in [3.63, 3.8) is 0 Å². The van der Waals surface area contributed by atoms with Gasteiger partial charge in [0.05, 0.1) is 16.5 Å². The maximum Gasteiger partial charge on any atom is 0.268 e. The first-order valence-electron chi connectivity index (χ1n) is 6.20. The fourth-order valence-electron chi connectivity index (χ4n) is 2.02. The zero-order valence-corrected chi connectivity index (χ0v) is 13.4. The van der Waals surface area contributed by atoms with Gasteiger partial charge in [0.2, 0.25) is 0 Å². The molecule has 0 spiro atoms. The van der Waals surface area contributed by atoms with Gasteiger partial charge in [-0.15, -0.1) is 11.3 Å². The summed E-state index contributed by atoms with van der Waals surface area (Å²) in [6.07, 6.45) is 0. The number of fused-ring (bicyclic) bond motifs is 1. The highest BCUT2D eigenvalue weighted by atomic mass is 79.9. The summed E-state index contributed by atoms with van der Waals surface area (Å²) >= 11 is 4.53. The van der Waals surface area contributed by atoms with E-state index in [-0.39, 0.29) is 11.4 Å². The van der Waals surface area contributed by atoms with E-state index >= 15 is 0 Å². The Morgan fingerprint density at radius 1 is 1.48 bits per heavy atom. The average Bonchev–Trinajstić information content (AvgIpc) is 2.90. The maximum atomic E-state index is 13.4. The summed E-state index contributed by atoms with van der Waals surface area (Å²) in [6.45, 7) is 2.18. The number of hydrogen-bond acceptors (Lipinski definition) is 4. The van der Waals surface area contributed by atoms with Crippen LogP contribution in [-0.2, 0) is 6.54 Å². The van der Waals surface area contributed by atoms with Gasteiger partial charge in [-0.25, -0.2) is 9.37 Å².